The molecule has 8 heteroatoms. The fraction of sp³-hybridized carbons (Fsp3) is 0.364. The lowest BCUT2D eigenvalue weighted by atomic mass is 10.1. The molecule has 0 saturated carbocycles. The van der Waals surface area contributed by atoms with E-state index in [1.807, 2.05) is 0 Å². The van der Waals surface area contributed by atoms with Crippen LogP contribution in [0.3, 0.4) is 0 Å². The molecule has 0 aromatic heterocycles. The van der Waals surface area contributed by atoms with Crippen molar-refractivity contribution in [2.24, 2.45) is 0 Å². The molecule has 2 rings (SSSR count). The van der Waals surface area contributed by atoms with Crippen LogP contribution in [0.15, 0.2) is 18.2 Å². The van der Waals surface area contributed by atoms with Crippen molar-refractivity contribution in [3.8, 4) is 0 Å². The Morgan fingerprint density at radius 1 is 1.37 bits per heavy atom. The highest BCUT2D eigenvalue weighted by atomic mass is 16.6. The number of nitrogens with two attached hydrogens (primary N) is 1. The minimum atomic E-state index is -1.01. The van der Waals surface area contributed by atoms with E-state index in [1.54, 1.807) is 0 Å². The van der Waals surface area contributed by atoms with Gasteiger partial charge in [-0.05, 0) is 6.07 Å². The van der Waals surface area contributed by atoms with Crippen LogP contribution in [-0.2, 0) is 0 Å². The molecule has 0 radical (unpaired) electrons. The van der Waals surface area contributed by atoms with Gasteiger partial charge in [0.1, 0.15) is 5.69 Å². The summed E-state index contributed by atoms with van der Waals surface area (Å²) in [5, 5.41) is 29.5. The van der Waals surface area contributed by atoms with Crippen LogP contribution in [0.4, 0.5) is 11.4 Å². The first-order valence-corrected chi connectivity index (χ1v) is 5.60. The first-order valence-electron chi connectivity index (χ1n) is 5.60. The molecule has 4 N–H and O–H groups in total. The number of nitrogens with zero attached hydrogens (tertiary/aromatic N) is 2. The van der Waals surface area contributed by atoms with Crippen LogP contribution in [0.25, 0.3) is 0 Å². The van der Waals surface area contributed by atoms with E-state index in [0.29, 0.717) is 0 Å². The fourth-order valence-corrected chi connectivity index (χ4v) is 2.00. The van der Waals surface area contributed by atoms with Crippen LogP contribution < -0.4 is 5.73 Å². The molecule has 1 heterocycles. The Morgan fingerprint density at radius 2 is 1.95 bits per heavy atom. The Morgan fingerprint density at radius 3 is 2.47 bits per heavy atom. The predicted molar refractivity (Wildman–Crippen MR) is 65.4 cm³/mol. The van der Waals surface area contributed by atoms with Gasteiger partial charge in [-0.2, -0.15) is 0 Å². The number of β-amino-alcohol motifs (C(OH)–C–C–N with tert-alkyl or cyclic N) is 2. The van der Waals surface area contributed by atoms with E-state index in [4.69, 9.17) is 5.73 Å². The van der Waals surface area contributed by atoms with Crippen LogP contribution in [0.5, 0.6) is 0 Å². The van der Waals surface area contributed by atoms with Gasteiger partial charge in [0.25, 0.3) is 11.6 Å². The third-order valence-electron chi connectivity index (χ3n) is 3.06. The number of para-hydroxylation sites is 1. The largest absolute Gasteiger partial charge is 0.393 e. The highest BCUT2D eigenvalue weighted by Crippen LogP contribution is 2.26. The van der Waals surface area contributed by atoms with Crippen molar-refractivity contribution < 1.29 is 19.9 Å². The molecule has 1 amide bonds. The zero-order valence-corrected chi connectivity index (χ0v) is 9.89. The van der Waals surface area contributed by atoms with Crippen LogP contribution in [0.1, 0.15) is 10.4 Å². The second kappa shape index (κ2) is 4.82. The number of amides is 1. The summed E-state index contributed by atoms with van der Waals surface area (Å²) in [5.74, 6) is -0.545. The maximum Gasteiger partial charge on any atom is 0.292 e. The number of aliphatic hydroxyl groups excluding tert-OH is 2. The Labute approximate surface area is 108 Å². The minimum absolute atomic E-state index is 0.00417. The van der Waals surface area contributed by atoms with Gasteiger partial charge < -0.3 is 20.8 Å². The first-order chi connectivity index (χ1) is 8.91. The van der Waals surface area contributed by atoms with Gasteiger partial charge >= 0.3 is 0 Å². The number of likely N-dealkylation sites (tertiary alicyclic amines) is 1. The SMILES string of the molecule is Nc1c(C(=O)N2CC(O)C(O)C2)cccc1[N+](=O)[O-]. The molecule has 0 bridgehead atoms. The minimum Gasteiger partial charge on any atom is -0.393 e. The van der Waals surface area contributed by atoms with Crippen LogP contribution in [0, 0.1) is 10.1 Å². The number of benzene rings is 1. The number of anilines is 1. The lowest BCUT2D eigenvalue weighted by Gasteiger charge is -2.16. The van der Waals surface area contributed by atoms with Gasteiger partial charge in [-0.3, -0.25) is 14.9 Å². The third kappa shape index (κ3) is 2.35. The number of rotatable bonds is 2. The van der Waals surface area contributed by atoms with Crippen molar-refractivity contribution in [2.45, 2.75) is 12.2 Å². The van der Waals surface area contributed by atoms with Crippen LogP contribution >= 0.6 is 0 Å². The maximum absolute atomic E-state index is 12.1. The van der Waals surface area contributed by atoms with E-state index < -0.39 is 23.0 Å². The molecule has 1 aromatic rings. The molecule has 0 spiro atoms. The van der Waals surface area contributed by atoms with Gasteiger partial charge in [-0.1, -0.05) is 6.07 Å². The molecule has 19 heavy (non-hydrogen) atoms. The van der Waals surface area contributed by atoms with E-state index in [2.05, 4.69) is 0 Å². The van der Waals surface area contributed by atoms with Crippen molar-refractivity contribution in [3.05, 3.63) is 33.9 Å². The summed E-state index contributed by atoms with van der Waals surface area (Å²) in [6, 6.07) is 3.95. The lowest BCUT2D eigenvalue weighted by Crippen LogP contribution is -2.30. The highest BCUT2D eigenvalue weighted by Gasteiger charge is 2.34. The zero-order valence-electron chi connectivity index (χ0n) is 9.89. The van der Waals surface area contributed by atoms with Gasteiger partial charge in [0.05, 0.1) is 22.7 Å². The Hall–Kier alpha value is -2.19. The number of carbonyl (C=O) groups is 1. The monoisotopic (exact) mass is 267 g/mol. The smallest absolute Gasteiger partial charge is 0.292 e. The average Bonchev–Trinajstić information content (AvgIpc) is 2.69. The summed E-state index contributed by atoms with van der Waals surface area (Å²) < 4.78 is 0. The van der Waals surface area contributed by atoms with Crippen molar-refractivity contribution in [1.82, 2.24) is 4.90 Å². The van der Waals surface area contributed by atoms with Gasteiger partial charge in [0.15, 0.2) is 0 Å². The molecule has 1 aliphatic heterocycles. The fourth-order valence-electron chi connectivity index (χ4n) is 2.00. The topological polar surface area (TPSA) is 130 Å². The number of carbonyl (C=O) groups excluding carboxylic acids is 1. The standard InChI is InChI=1S/C11H13N3O5/c12-10-6(2-1-3-7(10)14(18)19)11(17)13-4-8(15)9(16)5-13/h1-3,8-9,15-16H,4-5,12H2. The summed E-state index contributed by atoms with van der Waals surface area (Å²) in [5.41, 5.74) is 5.05. The van der Waals surface area contributed by atoms with Crippen molar-refractivity contribution in [1.29, 1.82) is 0 Å². The van der Waals surface area contributed by atoms with Gasteiger partial charge in [0.2, 0.25) is 0 Å². The van der Waals surface area contributed by atoms with E-state index in [0.717, 1.165) is 0 Å². The summed E-state index contributed by atoms with van der Waals surface area (Å²) in [6.45, 7) is -0.0513. The molecule has 1 fully saturated rings. The Bertz CT molecular complexity index is 523. The summed E-state index contributed by atoms with van der Waals surface area (Å²) in [4.78, 5) is 23.4. The lowest BCUT2D eigenvalue weighted by molar-refractivity contribution is -0.383. The normalized spacial score (nSPS) is 22.5. The third-order valence-corrected chi connectivity index (χ3v) is 3.06. The van der Waals surface area contributed by atoms with E-state index >= 15 is 0 Å². The molecule has 2 atom stereocenters. The van der Waals surface area contributed by atoms with E-state index in [9.17, 15) is 25.1 Å². The first kappa shape index (κ1) is 13.2. The number of aliphatic hydroxyl groups is 2. The number of nitrogen functional groups attached to an aromatic ring is 1. The maximum atomic E-state index is 12.1. The number of hydrogen-bond acceptors (Lipinski definition) is 6. The zero-order chi connectivity index (χ0) is 14.2. The second-order valence-corrected chi connectivity index (χ2v) is 4.34. The van der Waals surface area contributed by atoms with Gasteiger partial charge in [-0.25, -0.2) is 0 Å². The van der Waals surface area contributed by atoms with Crippen molar-refractivity contribution >= 4 is 17.3 Å². The second-order valence-electron chi connectivity index (χ2n) is 4.34. The molecule has 8 nitrogen and oxygen atoms in total. The molecule has 0 aliphatic carbocycles. The van der Waals surface area contributed by atoms with Crippen molar-refractivity contribution in [3.63, 3.8) is 0 Å². The van der Waals surface area contributed by atoms with E-state index in [1.165, 1.54) is 23.1 Å². The van der Waals surface area contributed by atoms with Crippen molar-refractivity contribution in [2.75, 3.05) is 18.8 Å². The Balaban J connectivity index is 2.30. The number of nitro benzene ring substituents is 1. The molecular weight excluding hydrogens is 254 g/mol. The van der Waals surface area contributed by atoms with Gasteiger partial charge in [0, 0.05) is 19.2 Å². The van der Waals surface area contributed by atoms with Gasteiger partial charge in [-0.15, -0.1) is 0 Å². The molecule has 102 valence electrons. The highest BCUT2D eigenvalue weighted by molar-refractivity contribution is 6.01. The van der Waals surface area contributed by atoms with E-state index in [-0.39, 0.29) is 30.0 Å². The number of hydrogen-bond donors (Lipinski definition) is 3. The summed E-state index contributed by atoms with van der Waals surface area (Å²) in [7, 11) is 0. The molecule has 1 aromatic carbocycles. The van der Waals surface area contributed by atoms with Crippen LogP contribution in [-0.4, -0.2) is 51.2 Å². The summed E-state index contributed by atoms with van der Waals surface area (Å²) in [6.07, 6.45) is -2.02. The quantitative estimate of drug-likeness (QED) is 0.371. The molecule has 1 aliphatic rings. The van der Waals surface area contributed by atoms with Crippen LogP contribution in [0.2, 0.25) is 0 Å². The predicted octanol–water partition coefficient (Wildman–Crippen LogP) is -0.645. The molecule has 1 saturated heterocycles. The number of nitro groups is 1. The average molecular weight is 267 g/mol. The summed E-state index contributed by atoms with van der Waals surface area (Å²) >= 11 is 0. The molecule has 2 unspecified atom stereocenters. The molecular formula is C11H13N3O5. The Kier molecular flexibility index (Phi) is 3.36.